The molecule has 1 unspecified atom stereocenters. The fourth-order valence-electron chi connectivity index (χ4n) is 4.43. The molecule has 0 spiro atoms. The molecule has 1 amide bonds. The molecule has 0 bridgehead atoms. The number of ether oxygens (including phenoxy) is 2. The number of fused-ring (bicyclic) bond motifs is 1. The molecule has 0 saturated carbocycles. The highest BCUT2D eigenvalue weighted by Gasteiger charge is 2.22. The number of benzene rings is 1. The third kappa shape index (κ3) is 6.09. The van der Waals surface area contributed by atoms with Crippen molar-refractivity contribution in [1.82, 2.24) is 24.1 Å². The molecular formula is C29H35F2N5O4. The van der Waals surface area contributed by atoms with E-state index in [1.54, 1.807) is 75.4 Å². The number of hydrogen-bond donors (Lipinski definition) is 1. The van der Waals surface area contributed by atoms with Crippen LogP contribution in [-0.4, -0.2) is 54.5 Å². The summed E-state index contributed by atoms with van der Waals surface area (Å²) in [6.45, 7) is 9.15. The number of carbonyl (C=O) groups is 1. The molecule has 3 aromatic heterocycles. The van der Waals surface area contributed by atoms with Crippen LogP contribution in [0.25, 0.3) is 16.8 Å². The highest BCUT2D eigenvalue weighted by atomic mass is 19.2. The van der Waals surface area contributed by atoms with Crippen LogP contribution in [0.2, 0.25) is 0 Å². The van der Waals surface area contributed by atoms with E-state index in [-0.39, 0.29) is 18.9 Å². The van der Waals surface area contributed by atoms with Gasteiger partial charge >= 0.3 is 6.09 Å². The van der Waals surface area contributed by atoms with Gasteiger partial charge in [-0.1, -0.05) is 0 Å². The Morgan fingerprint density at radius 1 is 1.20 bits per heavy atom. The molecule has 0 aliphatic heterocycles. The number of aliphatic hydroxyl groups is 1. The SMILES string of the molecule is Cc1c(CCOc2c(-c3ccc4ncc(CN(C)C(=O)OC(C)(C)C)n4c3)ccc(F)c2F)c(C(C)O)nn1C. The number of aliphatic hydroxyl groups excluding tert-OH is 1. The number of nitrogens with zero attached hydrogens (tertiary/aromatic N) is 5. The normalized spacial score (nSPS) is 12.6. The Kier molecular flexibility index (Phi) is 8.15. The summed E-state index contributed by atoms with van der Waals surface area (Å²) in [5.74, 6) is -2.33. The quantitative estimate of drug-likeness (QED) is 0.315. The van der Waals surface area contributed by atoms with E-state index in [2.05, 4.69) is 10.1 Å². The summed E-state index contributed by atoms with van der Waals surface area (Å²) in [5, 5.41) is 14.4. The maximum Gasteiger partial charge on any atom is 0.410 e. The monoisotopic (exact) mass is 555 g/mol. The third-order valence-corrected chi connectivity index (χ3v) is 6.53. The molecule has 4 aromatic rings. The predicted molar refractivity (Wildman–Crippen MR) is 146 cm³/mol. The highest BCUT2D eigenvalue weighted by molar-refractivity contribution is 5.72. The van der Waals surface area contributed by atoms with Gasteiger partial charge in [0, 0.05) is 49.1 Å². The molecule has 0 radical (unpaired) electrons. The zero-order valence-electron chi connectivity index (χ0n) is 23.8. The number of rotatable bonds is 8. The van der Waals surface area contributed by atoms with Gasteiger partial charge in [0.05, 0.1) is 36.8 Å². The first-order chi connectivity index (χ1) is 18.8. The van der Waals surface area contributed by atoms with Crippen molar-refractivity contribution in [3.05, 3.63) is 70.9 Å². The maximum absolute atomic E-state index is 15.1. The lowest BCUT2D eigenvalue weighted by molar-refractivity contribution is 0.0282. The number of amides is 1. The highest BCUT2D eigenvalue weighted by Crippen LogP contribution is 2.35. The molecule has 0 aliphatic carbocycles. The van der Waals surface area contributed by atoms with Gasteiger partial charge in [-0.05, 0) is 58.9 Å². The fraction of sp³-hybridized carbons (Fsp3) is 0.414. The van der Waals surface area contributed by atoms with E-state index in [0.29, 0.717) is 34.6 Å². The zero-order chi connectivity index (χ0) is 29.4. The Labute approximate surface area is 232 Å². The molecule has 11 heteroatoms. The Morgan fingerprint density at radius 3 is 2.60 bits per heavy atom. The molecule has 1 aromatic carbocycles. The van der Waals surface area contributed by atoms with Crippen molar-refractivity contribution >= 4 is 11.7 Å². The average Bonchev–Trinajstić information content (AvgIpc) is 3.40. The minimum atomic E-state index is -1.09. The van der Waals surface area contributed by atoms with Crippen molar-refractivity contribution in [3.63, 3.8) is 0 Å². The van der Waals surface area contributed by atoms with Crippen LogP contribution in [0.15, 0.2) is 36.7 Å². The second kappa shape index (κ2) is 11.2. The van der Waals surface area contributed by atoms with Crippen molar-refractivity contribution in [2.45, 2.75) is 59.3 Å². The first kappa shape index (κ1) is 29.0. The van der Waals surface area contributed by atoms with E-state index in [9.17, 15) is 14.3 Å². The van der Waals surface area contributed by atoms with Gasteiger partial charge in [0.25, 0.3) is 0 Å². The molecule has 0 fully saturated rings. The molecule has 9 nitrogen and oxygen atoms in total. The smallest absolute Gasteiger partial charge is 0.410 e. The molecule has 1 atom stereocenters. The van der Waals surface area contributed by atoms with E-state index in [0.717, 1.165) is 17.3 Å². The molecule has 1 N–H and O–H groups in total. The van der Waals surface area contributed by atoms with Crippen molar-refractivity contribution in [3.8, 4) is 16.9 Å². The fourth-order valence-corrected chi connectivity index (χ4v) is 4.43. The van der Waals surface area contributed by atoms with Crippen LogP contribution in [0.1, 0.15) is 56.4 Å². The number of aromatic nitrogens is 4. The summed E-state index contributed by atoms with van der Waals surface area (Å²) < 4.78 is 44.1. The summed E-state index contributed by atoms with van der Waals surface area (Å²) in [4.78, 5) is 18.3. The maximum atomic E-state index is 15.1. The first-order valence-electron chi connectivity index (χ1n) is 13.0. The lowest BCUT2D eigenvalue weighted by Crippen LogP contribution is -2.34. The number of imidazole rings is 1. The molecule has 4 rings (SSSR count). The van der Waals surface area contributed by atoms with E-state index in [4.69, 9.17) is 9.47 Å². The van der Waals surface area contributed by atoms with Gasteiger partial charge in [-0.15, -0.1) is 0 Å². The Hall–Kier alpha value is -3.99. The lowest BCUT2D eigenvalue weighted by atomic mass is 10.1. The van der Waals surface area contributed by atoms with Gasteiger partial charge in [0.15, 0.2) is 11.6 Å². The number of pyridine rings is 1. The van der Waals surface area contributed by atoms with E-state index in [1.807, 2.05) is 6.92 Å². The van der Waals surface area contributed by atoms with Gasteiger partial charge in [0.1, 0.15) is 11.2 Å². The van der Waals surface area contributed by atoms with Gasteiger partial charge in [0.2, 0.25) is 5.82 Å². The Bertz CT molecular complexity index is 1540. The van der Waals surface area contributed by atoms with Crippen LogP contribution >= 0.6 is 0 Å². The standard InChI is InChI=1S/C29H35F2N5O4/c1-17-21(26(18(2)37)33-35(17)7)12-13-39-27-22(9-10-23(30)25(27)31)19-8-11-24-32-14-20(36(24)15-19)16-34(6)28(38)40-29(3,4)5/h8-11,14-15,18,37H,12-13,16H2,1-7H3. The summed E-state index contributed by atoms with van der Waals surface area (Å²) in [6.07, 6.45) is 2.49. The molecule has 0 saturated heterocycles. The van der Waals surface area contributed by atoms with E-state index in [1.165, 1.54) is 11.0 Å². The second-order valence-corrected chi connectivity index (χ2v) is 10.8. The second-order valence-electron chi connectivity index (χ2n) is 10.8. The van der Waals surface area contributed by atoms with Crippen LogP contribution in [0, 0.1) is 18.6 Å². The Morgan fingerprint density at radius 2 is 1.93 bits per heavy atom. The minimum Gasteiger partial charge on any atom is -0.489 e. The van der Waals surface area contributed by atoms with Crippen LogP contribution < -0.4 is 4.74 Å². The average molecular weight is 556 g/mol. The van der Waals surface area contributed by atoms with Gasteiger partial charge in [-0.3, -0.25) is 4.68 Å². The molecule has 40 heavy (non-hydrogen) atoms. The summed E-state index contributed by atoms with van der Waals surface area (Å²) in [5.41, 5.74) is 3.81. The Balaban J connectivity index is 1.62. The summed E-state index contributed by atoms with van der Waals surface area (Å²) in [7, 11) is 3.41. The van der Waals surface area contributed by atoms with Crippen molar-refractivity contribution in [2.75, 3.05) is 13.7 Å². The van der Waals surface area contributed by atoms with Crippen molar-refractivity contribution in [2.24, 2.45) is 7.05 Å². The van der Waals surface area contributed by atoms with Gasteiger partial charge in [-0.25, -0.2) is 14.2 Å². The molecule has 0 aliphatic rings. The number of hydrogen-bond acceptors (Lipinski definition) is 6. The lowest BCUT2D eigenvalue weighted by Gasteiger charge is -2.24. The first-order valence-corrected chi connectivity index (χ1v) is 13.0. The number of carbonyl (C=O) groups excluding carboxylic acids is 1. The third-order valence-electron chi connectivity index (χ3n) is 6.53. The summed E-state index contributed by atoms with van der Waals surface area (Å²) >= 11 is 0. The van der Waals surface area contributed by atoms with Crippen LogP contribution in [-0.2, 0) is 24.8 Å². The van der Waals surface area contributed by atoms with Crippen molar-refractivity contribution < 1.29 is 28.2 Å². The molecular weight excluding hydrogens is 520 g/mol. The largest absolute Gasteiger partial charge is 0.489 e. The van der Waals surface area contributed by atoms with E-state index < -0.39 is 29.4 Å². The van der Waals surface area contributed by atoms with Gasteiger partial charge < -0.3 is 23.9 Å². The van der Waals surface area contributed by atoms with E-state index >= 15 is 4.39 Å². The summed E-state index contributed by atoms with van der Waals surface area (Å²) in [6, 6.07) is 6.03. The van der Waals surface area contributed by atoms with Crippen LogP contribution in [0.3, 0.4) is 0 Å². The predicted octanol–water partition coefficient (Wildman–Crippen LogP) is 5.36. The van der Waals surface area contributed by atoms with Crippen molar-refractivity contribution in [1.29, 1.82) is 0 Å². The van der Waals surface area contributed by atoms with Crippen LogP contribution in [0.4, 0.5) is 13.6 Å². The van der Waals surface area contributed by atoms with Gasteiger partial charge in [-0.2, -0.15) is 9.49 Å². The number of halogens is 2. The van der Waals surface area contributed by atoms with Crippen LogP contribution in [0.5, 0.6) is 5.75 Å². The minimum absolute atomic E-state index is 0.0406. The molecule has 214 valence electrons. The topological polar surface area (TPSA) is 94.1 Å². The molecule has 3 heterocycles. The zero-order valence-corrected chi connectivity index (χ0v) is 23.8. The number of aryl methyl sites for hydroxylation is 1.